The summed E-state index contributed by atoms with van der Waals surface area (Å²) < 4.78 is 1.04. The van der Waals surface area contributed by atoms with Crippen LogP contribution < -0.4 is 4.90 Å². The van der Waals surface area contributed by atoms with Crippen LogP contribution in [0.4, 0.5) is 5.82 Å². The van der Waals surface area contributed by atoms with Gasteiger partial charge in [0.25, 0.3) is 0 Å². The van der Waals surface area contributed by atoms with Gasteiger partial charge in [-0.2, -0.15) is 0 Å². The molecule has 2 aromatic heterocycles. The molecule has 0 aliphatic heterocycles. The van der Waals surface area contributed by atoms with Crippen LogP contribution in [0.5, 0.6) is 0 Å². The third-order valence-electron chi connectivity index (χ3n) is 2.77. The molecule has 0 bridgehead atoms. The summed E-state index contributed by atoms with van der Waals surface area (Å²) in [4.78, 5) is 11.0. The van der Waals surface area contributed by atoms with Crippen molar-refractivity contribution in [1.29, 1.82) is 0 Å². The van der Waals surface area contributed by atoms with Crippen LogP contribution in [0.2, 0.25) is 0 Å². The average molecular weight is 306 g/mol. The molecule has 2 heterocycles. The first-order chi connectivity index (χ1) is 8.56. The number of hydrogen-bond acceptors (Lipinski definition) is 3. The third kappa shape index (κ3) is 3.07. The summed E-state index contributed by atoms with van der Waals surface area (Å²) in [6.07, 6.45) is 1.84. The molecule has 3 nitrogen and oxygen atoms in total. The van der Waals surface area contributed by atoms with Gasteiger partial charge in [-0.25, -0.2) is 4.98 Å². The molecule has 0 saturated heterocycles. The summed E-state index contributed by atoms with van der Waals surface area (Å²) in [6.45, 7) is 4.83. The lowest BCUT2D eigenvalue weighted by atomic mass is 10.2. The van der Waals surface area contributed by atoms with E-state index in [-0.39, 0.29) is 0 Å². The van der Waals surface area contributed by atoms with Crippen LogP contribution in [0.15, 0.2) is 34.9 Å². The van der Waals surface area contributed by atoms with Crippen LogP contribution in [0.3, 0.4) is 0 Å². The van der Waals surface area contributed by atoms with Crippen molar-refractivity contribution in [3.63, 3.8) is 0 Å². The van der Waals surface area contributed by atoms with Gasteiger partial charge in [0.15, 0.2) is 0 Å². The van der Waals surface area contributed by atoms with Gasteiger partial charge in [-0.1, -0.05) is 6.07 Å². The van der Waals surface area contributed by atoms with Crippen molar-refractivity contribution in [3.05, 3.63) is 51.9 Å². The van der Waals surface area contributed by atoms with E-state index in [1.54, 1.807) is 0 Å². The second kappa shape index (κ2) is 5.48. The number of aromatic nitrogens is 2. The van der Waals surface area contributed by atoms with Gasteiger partial charge in [-0.05, 0) is 53.5 Å². The molecule has 0 aliphatic rings. The second-order valence-corrected chi connectivity index (χ2v) is 5.27. The van der Waals surface area contributed by atoms with Crippen molar-refractivity contribution < 1.29 is 0 Å². The lowest BCUT2D eigenvalue weighted by Gasteiger charge is -2.18. The normalized spacial score (nSPS) is 10.4. The molecule has 0 saturated carbocycles. The monoisotopic (exact) mass is 305 g/mol. The fourth-order valence-electron chi connectivity index (χ4n) is 1.74. The Balaban J connectivity index is 2.16. The first kappa shape index (κ1) is 13.0. The van der Waals surface area contributed by atoms with E-state index in [4.69, 9.17) is 0 Å². The lowest BCUT2D eigenvalue weighted by molar-refractivity contribution is 0.857. The highest BCUT2D eigenvalue weighted by Crippen LogP contribution is 2.20. The number of anilines is 1. The van der Waals surface area contributed by atoms with Crippen molar-refractivity contribution in [2.75, 3.05) is 11.9 Å². The third-order valence-corrected chi connectivity index (χ3v) is 3.60. The molecule has 0 atom stereocenters. The Hall–Kier alpha value is -1.42. The highest BCUT2D eigenvalue weighted by atomic mass is 79.9. The van der Waals surface area contributed by atoms with Gasteiger partial charge in [0.05, 0.1) is 12.2 Å². The summed E-state index contributed by atoms with van der Waals surface area (Å²) in [6, 6.07) is 8.15. The number of aryl methyl sites for hydroxylation is 2. The first-order valence-electron chi connectivity index (χ1n) is 5.82. The minimum Gasteiger partial charge on any atom is -0.354 e. The second-order valence-electron chi connectivity index (χ2n) is 4.42. The van der Waals surface area contributed by atoms with Gasteiger partial charge < -0.3 is 4.90 Å². The maximum absolute atomic E-state index is 4.50. The van der Waals surface area contributed by atoms with Crippen LogP contribution in [-0.2, 0) is 6.54 Å². The van der Waals surface area contributed by atoms with E-state index in [1.807, 2.05) is 38.4 Å². The molecule has 2 aromatic rings. The molecule has 0 aromatic carbocycles. The van der Waals surface area contributed by atoms with E-state index >= 15 is 0 Å². The van der Waals surface area contributed by atoms with E-state index < -0.39 is 0 Å². The topological polar surface area (TPSA) is 29.0 Å². The fraction of sp³-hybridized carbons (Fsp3) is 0.286. The zero-order valence-corrected chi connectivity index (χ0v) is 12.4. The lowest BCUT2D eigenvalue weighted by Crippen LogP contribution is -2.18. The number of halogens is 1. The SMILES string of the molecule is Cc1cccc(CN(C)c2cc(C)c(Br)cn2)n1. The predicted molar refractivity (Wildman–Crippen MR) is 77.8 cm³/mol. The highest BCUT2D eigenvalue weighted by molar-refractivity contribution is 9.10. The Bertz CT molecular complexity index is 554. The molecule has 0 N–H and O–H groups in total. The van der Waals surface area contributed by atoms with E-state index in [0.29, 0.717) is 0 Å². The van der Waals surface area contributed by atoms with Crippen molar-refractivity contribution in [2.45, 2.75) is 20.4 Å². The van der Waals surface area contributed by atoms with Crippen molar-refractivity contribution >= 4 is 21.7 Å². The van der Waals surface area contributed by atoms with E-state index in [2.05, 4.69) is 43.8 Å². The minimum atomic E-state index is 0.760. The summed E-state index contributed by atoms with van der Waals surface area (Å²) in [5.41, 5.74) is 3.28. The van der Waals surface area contributed by atoms with Crippen molar-refractivity contribution in [3.8, 4) is 0 Å². The molecule has 0 aliphatic carbocycles. The molecule has 2 rings (SSSR count). The Morgan fingerprint density at radius 2 is 2.06 bits per heavy atom. The molecule has 0 amide bonds. The summed E-state index contributed by atoms with van der Waals surface area (Å²) in [5.74, 6) is 0.957. The number of rotatable bonds is 3. The first-order valence-corrected chi connectivity index (χ1v) is 6.61. The van der Waals surface area contributed by atoms with Crippen LogP contribution >= 0.6 is 15.9 Å². The van der Waals surface area contributed by atoms with E-state index in [1.165, 1.54) is 5.56 Å². The Morgan fingerprint density at radius 3 is 2.72 bits per heavy atom. The standard InChI is InChI=1S/C14H16BrN3/c1-10-7-14(16-8-13(10)15)18(3)9-12-6-4-5-11(2)17-12/h4-8H,9H2,1-3H3. The van der Waals surface area contributed by atoms with Crippen LogP contribution in [0, 0.1) is 13.8 Å². The number of hydrogen-bond donors (Lipinski definition) is 0. The van der Waals surface area contributed by atoms with Gasteiger partial charge in [0.1, 0.15) is 5.82 Å². The van der Waals surface area contributed by atoms with Gasteiger partial charge in [-0.15, -0.1) is 0 Å². The zero-order valence-electron chi connectivity index (χ0n) is 10.8. The number of nitrogens with zero attached hydrogens (tertiary/aromatic N) is 3. The molecular formula is C14H16BrN3. The Morgan fingerprint density at radius 1 is 1.28 bits per heavy atom. The summed E-state index contributed by atoms with van der Waals surface area (Å²) in [5, 5.41) is 0. The fourth-order valence-corrected chi connectivity index (χ4v) is 1.96. The van der Waals surface area contributed by atoms with Gasteiger partial charge in [-0.3, -0.25) is 4.98 Å². The van der Waals surface area contributed by atoms with Gasteiger partial charge >= 0.3 is 0 Å². The van der Waals surface area contributed by atoms with Gasteiger partial charge in [0, 0.05) is 23.4 Å². The summed E-state index contributed by atoms with van der Waals surface area (Å²) in [7, 11) is 2.03. The smallest absolute Gasteiger partial charge is 0.128 e. The van der Waals surface area contributed by atoms with E-state index in [0.717, 1.165) is 28.2 Å². The highest BCUT2D eigenvalue weighted by Gasteiger charge is 2.06. The average Bonchev–Trinajstić information content (AvgIpc) is 2.32. The zero-order chi connectivity index (χ0) is 13.1. The molecular weight excluding hydrogens is 290 g/mol. The maximum Gasteiger partial charge on any atom is 0.128 e. The van der Waals surface area contributed by atoms with Crippen molar-refractivity contribution in [1.82, 2.24) is 9.97 Å². The predicted octanol–water partition coefficient (Wildman–Crippen LogP) is 3.49. The quantitative estimate of drug-likeness (QED) is 0.869. The van der Waals surface area contributed by atoms with Gasteiger partial charge in [0.2, 0.25) is 0 Å². The van der Waals surface area contributed by atoms with Crippen LogP contribution in [-0.4, -0.2) is 17.0 Å². The van der Waals surface area contributed by atoms with Crippen LogP contribution in [0.1, 0.15) is 17.0 Å². The maximum atomic E-state index is 4.50. The minimum absolute atomic E-state index is 0.760. The molecule has 0 unspecified atom stereocenters. The molecule has 18 heavy (non-hydrogen) atoms. The van der Waals surface area contributed by atoms with E-state index in [9.17, 15) is 0 Å². The molecule has 94 valence electrons. The number of pyridine rings is 2. The molecule has 0 spiro atoms. The molecule has 0 radical (unpaired) electrons. The Labute approximate surface area is 116 Å². The molecule has 0 fully saturated rings. The van der Waals surface area contributed by atoms with Crippen LogP contribution in [0.25, 0.3) is 0 Å². The largest absolute Gasteiger partial charge is 0.354 e. The summed E-state index contributed by atoms with van der Waals surface area (Å²) >= 11 is 3.46. The Kier molecular flexibility index (Phi) is 3.97. The van der Waals surface area contributed by atoms with Crippen molar-refractivity contribution in [2.24, 2.45) is 0 Å². The molecule has 4 heteroatoms.